The normalized spacial score (nSPS) is 8.00. The third-order valence-corrected chi connectivity index (χ3v) is 0.901. The van der Waals surface area contributed by atoms with Crippen LogP contribution in [0.25, 0.3) is 0 Å². The van der Waals surface area contributed by atoms with E-state index >= 15 is 0 Å². The molecule has 0 fully saturated rings. The van der Waals surface area contributed by atoms with Crippen molar-refractivity contribution >= 4 is 5.69 Å². The Labute approximate surface area is 101 Å². The molecule has 0 spiro atoms. The Morgan fingerprint density at radius 2 is 2.30 bits per heavy atom. The second kappa shape index (κ2) is 4.98. The molecule has 0 aromatic heterocycles. The number of rotatable bonds is 1. The van der Waals surface area contributed by atoms with E-state index in [1.54, 1.807) is 12.1 Å². The van der Waals surface area contributed by atoms with Crippen molar-refractivity contribution in [2.75, 3.05) is 0 Å². The molecule has 0 saturated heterocycles. The minimum absolute atomic E-state index is 0. The molecule has 0 atom stereocenters. The van der Waals surface area contributed by atoms with E-state index in [9.17, 15) is 10.1 Å². The van der Waals surface area contributed by atoms with E-state index in [1.165, 1.54) is 12.1 Å². The summed E-state index contributed by atoms with van der Waals surface area (Å²) in [6.45, 7) is 0. The molecule has 3 nitrogen and oxygen atoms in total. The Hall–Kier alpha value is 0.256. The molecule has 1 rings (SSSR count). The van der Waals surface area contributed by atoms with Crippen LogP contribution in [0, 0.1) is 16.2 Å². The molecule has 0 bridgehead atoms. The molecule has 0 aliphatic carbocycles. The SMILES string of the molecule is O=[N+]([O-])c1c[c-]ccc1.[K+]. The first-order chi connectivity index (χ1) is 4.30. The van der Waals surface area contributed by atoms with Crippen LogP contribution in [-0.2, 0) is 0 Å². The Bertz CT molecular complexity index is 212. The molecule has 0 aliphatic heterocycles. The average Bonchev–Trinajstić information content (AvgIpc) is 1.90. The summed E-state index contributed by atoms with van der Waals surface area (Å²) < 4.78 is 0. The van der Waals surface area contributed by atoms with E-state index in [4.69, 9.17) is 0 Å². The number of non-ortho nitro benzene ring substituents is 1. The molecule has 0 unspecified atom stereocenters. The van der Waals surface area contributed by atoms with E-state index in [0.717, 1.165) is 0 Å². The van der Waals surface area contributed by atoms with Gasteiger partial charge in [-0.1, -0.05) is 6.07 Å². The van der Waals surface area contributed by atoms with Crippen molar-refractivity contribution in [2.24, 2.45) is 0 Å². The molecule has 10 heavy (non-hydrogen) atoms. The number of nitro benzene ring substituents is 1. The molecular formula is C6H4KNO2. The number of hydrogen-bond acceptors (Lipinski definition) is 2. The minimum Gasteiger partial charge on any atom is -0.270 e. The summed E-state index contributed by atoms with van der Waals surface area (Å²) in [5.41, 5.74) is 0.0810. The van der Waals surface area contributed by atoms with Gasteiger partial charge in [-0.2, -0.15) is 18.2 Å². The zero-order valence-corrected chi connectivity index (χ0v) is 8.70. The van der Waals surface area contributed by atoms with Crippen molar-refractivity contribution in [3.05, 3.63) is 40.4 Å². The molecule has 0 heterocycles. The molecule has 1 aromatic rings. The van der Waals surface area contributed by atoms with Crippen LogP contribution >= 0.6 is 0 Å². The van der Waals surface area contributed by atoms with Crippen LogP contribution in [0.2, 0.25) is 0 Å². The smallest absolute Gasteiger partial charge is 0.270 e. The van der Waals surface area contributed by atoms with Gasteiger partial charge in [0, 0.05) is 4.92 Å². The van der Waals surface area contributed by atoms with E-state index in [1.807, 2.05) is 0 Å². The molecule has 4 heteroatoms. The van der Waals surface area contributed by atoms with Crippen LogP contribution in [0.4, 0.5) is 5.69 Å². The Balaban J connectivity index is 0.000000810. The van der Waals surface area contributed by atoms with E-state index in [2.05, 4.69) is 6.07 Å². The summed E-state index contributed by atoms with van der Waals surface area (Å²) >= 11 is 0. The number of nitrogens with zero attached hydrogens (tertiary/aromatic N) is 1. The largest absolute Gasteiger partial charge is 1.00 e. The van der Waals surface area contributed by atoms with Gasteiger partial charge in [-0.25, -0.2) is 0 Å². The monoisotopic (exact) mass is 161 g/mol. The Morgan fingerprint density at radius 3 is 2.60 bits per heavy atom. The second-order valence-corrected chi connectivity index (χ2v) is 1.52. The van der Waals surface area contributed by atoms with Gasteiger partial charge in [-0.15, -0.1) is 6.07 Å². The van der Waals surface area contributed by atoms with Gasteiger partial charge in [0.1, 0.15) is 0 Å². The van der Waals surface area contributed by atoms with E-state index in [-0.39, 0.29) is 57.1 Å². The van der Waals surface area contributed by atoms with Gasteiger partial charge in [-0.3, -0.25) is 10.1 Å². The maximum absolute atomic E-state index is 9.99. The van der Waals surface area contributed by atoms with Gasteiger partial charge in [0.05, 0.1) is 0 Å². The van der Waals surface area contributed by atoms with Crippen LogP contribution in [-0.4, -0.2) is 4.92 Å². The minimum atomic E-state index is -0.448. The number of hydrogen-bond donors (Lipinski definition) is 0. The summed E-state index contributed by atoms with van der Waals surface area (Å²) in [5, 5.41) is 9.99. The molecule has 0 saturated carbocycles. The second-order valence-electron chi connectivity index (χ2n) is 1.52. The summed E-state index contributed by atoms with van der Waals surface area (Å²) in [6, 6.07) is 8.56. The predicted octanol–water partition coefficient (Wildman–Crippen LogP) is -1.60. The van der Waals surface area contributed by atoms with Crippen molar-refractivity contribution < 1.29 is 56.3 Å². The van der Waals surface area contributed by atoms with Crippen molar-refractivity contribution in [3.8, 4) is 0 Å². The van der Waals surface area contributed by atoms with Crippen molar-refractivity contribution in [2.45, 2.75) is 0 Å². The van der Waals surface area contributed by atoms with Crippen LogP contribution in [0.15, 0.2) is 24.3 Å². The van der Waals surface area contributed by atoms with Crippen LogP contribution in [0.1, 0.15) is 0 Å². The average molecular weight is 161 g/mol. The van der Waals surface area contributed by atoms with Gasteiger partial charge >= 0.3 is 51.4 Å². The first kappa shape index (κ1) is 10.3. The molecule has 0 amide bonds. The topological polar surface area (TPSA) is 43.1 Å². The summed E-state index contributed by atoms with van der Waals surface area (Å²) in [7, 11) is 0. The third-order valence-electron chi connectivity index (χ3n) is 0.901. The van der Waals surface area contributed by atoms with Crippen molar-refractivity contribution in [1.82, 2.24) is 0 Å². The Morgan fingerprint density at radius 1 is 1.60 bits per heavy atom. The molecule has 0 radical (unpaired) electrons. The fourth-order valence-electron chi connectivity index (χ4n) is 0.497. The molecule has 0 aliphatic rings. The molecular weight excluding hydrogens is 157 g/mol. The van der Waals surface area contributed by atoms with E-state index < -0.39 is 4.92 Å². The first-order valence-corrected chi connectivity index (χ1v) is 2.41. The number of nitro groups is 1. The zero-order valence-electron chi connectivity index (χ0n) is 5.57. The fraction of sp³-hybridized carbons (Fsp3) is 0. The molecule has 46 valence electrons. The standard InChI is InChI=1S/C6H4NO2.K/c8-7(9)6-4-2-1-3-5-6;/h1-2,4-5H;/q-1;+1. The maximum Gasteiger partial charge on any atom is 1.00 e. The van der Waals surface area contributed by atoms with Crippen LogP contribution < -0.4 is 51.4 Å². The van der Waals surface area contributed by atoms with E-state index in [0.29, 0.717) is 0 Å². The predicted molar refractivity (Wildman–Crippen MR) is 31.9 cm³/mol. The third kappa shape index (κ3) is 2.89. The summed E-state index contributed by atoms with van der Waals surface area (Å²) in [6.07, 6.45) is 0. The zero-order chi connectivity index (χ0) is 6.69. The molecule has 0 N–H and O–H groups in total. The van der Waals surface area contributed by atoms with Gasteiger partial charge in [0.2, 0.25) is 0 Å². The van der Waals surface area contributed by atoms with Gasteiger partial charge < -0.3 is 0 Å². The van der Waals surface area contributed by atoms with Gasteiger partial charge in [0.15, 0.2) is 5.69 Å². The first-order valence-electron chi connectivity index (χ1n) is 2.41. The summed E-state index contributed by atoms with van der Waals surface area (Å²) in [5.74, 6) is 0. The van der Waals surface area contributed by atoms with Crippen molar-refractivity contribution in [1.29, 1.82) is 0 Å². The quantitative estimate of drug-likeness (QED) is 0.215. The maximum atomic E-state index is 9.99. The van der Waals surface area contributed by atoms with Gasteiger partial charge in [0.25, 0.3) is 0 Å². The summed E-state index contributed by atoms with van der Waals surface area (Å²) in [4.78, 5) is 9.54. The molecule has 1 aromatic carbocycles. The fourth-order valence-corrected chi connectivity index (χ4v) is 0.497. The number of benzene rings is 1. The van der Waals surface area contributed by atoms with Gasteiger partial charge in [-0.05, 0) is 0 Å². The van der Waals surface area contributed by atoms with Crippen molar-refractivity contribution in [3.63, 3.8) is 0 Å². The van der Waals surface area contributed by atoms with Crippen LogP contribution in [0.3, 0.4) is 0 Å². The van der Waals surface area contributed by atoms with Crippen LogP contribution in [0.5, 0.6) is 0 Å². The Kier molecular flexibility index (Phi) is 5.11.